The van der Waals surface area contributed by atoms with E-state index in [-0.39, 0.29) is 6.61 Å². The second-order valence-electron chi connectivity index (χ2n) is 3.25. The van der Waals surface area contributed by atoms with Gasteiger partial charge in [-0.3, -0.25) is 0 Å². The molecule has 1 heterocycles. The van der Waals surface area contributed by atoms with Gasteiger partial charge in [-0.05, 0) is 12.1 Å². The minimum Gasteiger partial charge on any atom is -0.444 e. The summed E-state index contributed by atoms with van der Waals surface area (Å²) in [7, 11) is 0. The summed E-state index contributed by atoms with van der Waals surface area (Å²) < 4.78 is 5.72. The van der Waals surface area contributed by atoms with E-state index in [1.807, 2.05) is 24.3 Å². The second kappa shape index (κ2) is 5.29. The van der Waals surface area contributed by atoms with Gasteiger partial charge in [0.25, 0.3) is 0 Å². The van der Waals surface area contributed by atoms with Crippen LogP contribution >= 0.6 is 27.3 Å². The van der Waals surface area contributed by atoms with Gasteiger partial charge in [0.15, 0.2) is 0 Å². The van der Waals surface area contributed by atoms with Crippen LogP contribution in [0.5, 0.6) is 0 Å². The van der Waals surface area contributed by atoms with Crippen molar-refractivity contribution in [1.29, 1.82) is 0 Å². The van der Waals surface area contributed by atoms with Crippen LogP contribution in [0, 0.1) is 0 Å². The van der Waals surface area contributed by atoms with Crippen molar-refractivity contribution >= 4 is 33.4 Å². The van der Waals surface area contributed by atoms with Gasteiger partial charge in [0, 0.05) is 16.2 Å². The average molecular weight is 313 g/mol. The Bertz CT molecular complexity index is 525. The van der Waals surface area contributed by atoms with Crippen LogP contribution in [0.25, 0.3) is 10.6 Å². The van der Waals surface area contributed by atoms with Gasteiger partial charge in [0.05, 0.1) is 4.88 Å². The number of primary amides is 1. The molecular formula is C11H9BrN2O2S. The van der Waals surface area contributed by atoms with Crippen molar-refractivity contribution in [2.45, 2.75) is 6.61 Å². The fourth-order valence-corrected chi connectivity index (χ4v) is 2.34. The van der Waals surface area contributed by atoms with Gasteiger partial charge in [-0.25, -0.2) is 9.78 Å². The lowest BCUT2D eigenvalue weighted by atomic mass is 10.2. The highest BCUT2D eigenvalue weighted by Crippen LogP contribution is 2.26. The second-order valence-corrected chi connectivity index (χ2v) is 5.28. The summed E-state index contributed by atoms with van der Waals surface area (Å²) in [5, 5.41) is 0.889. The molecule has 0 saturated heterocycles. The number of rotatable bonds is 3. The first-order valence-corrected chi connectivity index (χ1v) is 6.39. The lowest BCUT2D eigenvalue weighted by molar-refractivity contribution is 0.151. The van der Waals surface area contributed by atoms with Crippen molar-refractivity contribution in [2.24, 2.45) is 5.73 Å². The fourth-order valence-electron chi connectivity index (χ4n) is 1.24. The lowest BCUT2D eigenvalue weighted by Gasteiger charge is -1.97. The molecule has 6 heteroatoms. The van der Waals surface area contributed by atoms with Gasteiger partial charge in [-0.1, -0.05) is 28.1 Å². The maximum absolute atomic E-state index is 10.5. The van der Waals surface area contributed by atoms with Crippen molar-refractivity contribution in [3.05, 3.63) is 39.8 Å². The van der Waals surface area contributed by atoms with Crippen molar-refractivity contribution in [2.75, 3.05) is 0 Å². The molecule has 2 aromatic rings. The Morgan fingerprint density at radius 1 is 1.41 bits per heavy atom. The molecule has 0 bridgehead atoms. The summed E-state index contributed by atoms with van der Waals surface area (Å²) in [5.41, 5.74) is 5.92. The molecule has 0 unspecified atom stereocenters. The number of carbonyl (C=O) groups excluding carboxylic acids is 1. The monoisotopic (exact) mass is 312 g/mol. The molecule has 17 heavy (non-hydrogen) atoms. The quantitative estimate of drug-likeness (QED) is 0.946. The zero-order valence-electron chi connectivity index (χ0n) is 8.72. The molecule has 0 saturated carbocycles. The highest BCUT2D eigenvalue weighted by molar-refractivity contribution is 9.10. The Kier molecular flexibility index (Phi) is 3.75. The van der Waals surface area contributed by atoms with E-state index in [4.69, 9.17) is 10.5 Å². The molecule has 0 spiro atoms. The molecule has 0 aliphatic carbocycles. The number of nitrogens with two attached hydrogens (primary N) is 1. The van der Waals surface area contributed by atoms with E-state index in [1.165, 1.54) is 11.3 Å². The number of aromatic nitrogens is 1. The number of amides is 1. The molecule has 1 aromatic heterocycles. The van der Waals surface area contributed by atoms with E-state index in [0.717, 1.165) is 19.9 Å². The Hall–Kier alpha value is -1.40. The zero-order valence-corrected chi connectivity index (χ0v) is 11.1. The van der Waals surface area contributed by atoms with Gasteiger partial charge >= 0.3 is 6.09 Å². The van der Waals surface area contributed by atoms with Crippen LogP contribution in [0.2, 0.25) is 0 Å². The number of benzene rings is 1. The molecule has 2 N–H and O–H groups in total. The minimum absolute atomic E-state index is 0.170. The lowest BCUT2D eigenvalue weighted by Crippen LogP contribution is -2.12. The van der Waals surface area contributed by atoms with Crippen molar-refractivity contribution in [3.8, 4) is 10.6 Å². The molecule has 4 nitrogen and oxygen atoms in total. The highest BCUT2D eigenvalue weighted by atomic mass is 79.9. The molecule has 88 valence electrons. The first kappa shape index (κ1) is 12.1. The van der Waals surface area contributed by atoms with Crippen LogP contribution < -0.4 is 5.73 Å². The number of ether oxygens (including phenoxy) is 1. The van der Waals surface area contributed by atoms with Gasteiger partial charge in [-0.2, -0.15) is 0 Å². The van der Waals surface area contributed by atoms with E-state index in [2.05, 4.69) is 20.9 Å². The molecule has 0 aliphatic rings. The zero-order chi connectivity index (χ0) is 12.3. The van der Waals surface area contributed by atoms with Gasteiger partial charge in [0.2, 0.25) is 0 Å². The van der Waals surface area contributed by atoms with Crippen LogP contribution in [0.3, 0.4) is 0 Å². The summed E-state index contributed by atoms with van der Waals surface area (Å²) in [6.07, 6.45) is 0.911. The maximum atomic E-state index is 10.5. The molecule has 0 fully saturated rings. The molecule has 1 aromatic carbocycles. The van der Waals surface area contributed by atoms with E-state index in [0.29, 0.717) is 0 Å². The third-order valence-corrected chi connectivity index (χ3v) is 3.55. The molecule has 2 rings (SSSR count). The molecule has 0 atom stereocenters. The highest BCUT2D eigenvalue weighted by Gasteiger charge is 2.05. The SMILES string of the molecule is NC(=O)OCc1cnc(-c2ccc(Br)cc2)s1. The van der Waals surface area contributed by atoms with Gasteiger partial charge < -0.3 is 10.5 Å². The number of halogens is 1. The van der Waals surface area contributed by atoms with Crippen LogP contribution in [-0.2, 0) is 11.3 Å². The van der Waals surface area contributed by atoms with Crippen LogP contribution in [0.15, 0.2) is 34.9 Å². The number of thiazole rings is 1. The van der Waals surface area contributed by atoms with E-state index in [1.54, 1.807) is 6.20 Å². The Morgan fingerprint density at radius 3 is 2.76 bits per heavy atom. The van der Waals surface area contributed by atoms with Crippen molar-refractivity contribution < 1.29 is 9.53 Å². The van der Waals surface area contributed by atoms with Crippen molar-refractivity contribution in [3.63, 3.8) is 0 Å². The average Bonchev–Trinajstić information content (AvgIpc) is 2.76. The van der Waals surface area contributed by atoms with Crippen molar-refractivity contribution in [1.82, 2.24) is 4.98 Å². The number of hydrogen-bond acceptors (Lipinski definition) is 4. The number of carbonyl (C=O) groups is 1. The number of nitrogens with zero attached hydrogens (tertiary/aromatic N) is 1. The van der Waals surface area contributed by atoms with E-state index >= 15 is 0 Å². The van der Waals surface area contributed by atoms with Crippen LogP contribution in [0.4, 0.5) is 4.79 Å². The summed E-state index contributed by atoms with van der Waals surface area (Å²) in [6.45, 7) is 0.170. The molecular weight excluding hydrogens is 304 g/mol. The minimum atomic E-state index is -0.774. The molecule has 0 radical (unpaired) electrons. The van der Waals surface area contributed by atoms with Crippen LogP contribution in [0.1, 0.15) is 4.88 Å². The summed E-state index contributed by atoms with van der Waals surface area (Å²) >= 11 is 4.85. The maximum Gasteiger partial charge on any atom is 0.404 e. The summed E-state index contributed by atoms with van der Waals surface area (Å²) in [5.74, 6) is 0. The standard InChI is InChI=1S/C11H9BrN2O2S/c12-8-3-1-7(2-4-8)10-14-5-9(17-10)6-16-11(13)15/h1-5H,6H2,(H2,13,15). The third-order valence-electron chi connectivity index (χ3n) is 2.00. The molecule has 0 aliphatic heterocycles. The Balaban J connectivity index is 2.12. The smallest absolute Gasteiger partial charge is 0.404 e. The first-order chi connectivity index (χ1) is 8.15. The molecule has 1 amide bonds. The van der Waals surface area contributed by atoms with E-state index in [9.17, 15) is 4.79 Å². The van der Waals surface area contributed by atoms with E-state index < -0.39 is 6.09 Å². The first-order valence-electron chi connectivity index (χ1n) is 4.78. The fraction of sp³-hybridized carbons (Fsp3) is 0.0909. The summed E-state index contributed by atoms with van der Waals surface area (Å²) in [6, 6.07) is 7.86. The third kappa shape index (κ3) is 3.28. The topological polar surface area (TPSA) is 65.2 Å². The largest absolute Gasteiger partial charge is 0.444 e. The van der Waals surface area contributed by atoms with Gasteiger partial charge in [0.1, 0.15) is 11.6 Å². The normalized spacial score (nSPS) is 10.2. The Morgan fingerprint density at radius 2 is 2.12 bits per heavy atom. The van der Waals surface area contributed by atoms with Gasteiger partial charge in [-0.15, -0.1) is 11.3 Å². The van der Waals surface area contributed by atoms with Crippen LogP contribution in [-0.4, -0.2) is 11.1 Å². The Labute approximate surface area is 111 Å². The predicted octanol–water partition coefficient (Wildman–Crippen LogP) is 3.17. The number of hydrogen-bond donors (Lipinski definition) is 1. The predicted molar refractivity (Wildman–Crippen MR) is 69.6 cm³/mol. The summed E-state index contributed by atoms with van der Waals surface area (Å²) in [4.78, 5) is 15.6.